The largest absolute Gasteiger partial charge is 0.443 e. The summed E-state index contributed by atoms with van der Waals surface area (Å²) in [6.45, 7) is 13.7. The highest BCUT2D eigenvalue weighted by Crippen LogP contribution is 2.30. The molecule has 24 heavy (non-hydrogen) atoms. The van der Waals surface area contributed by atoms with Gasteiger partial charge in [-0.25, -0.2) is 4.98 Å². The maximum absolute atomic E-state index is 6.01. The Morgan fingerprint density at radius 2 is 2.17 bits per heavy atom. The summed E-state index contributed by atoms with van der Waals surface area (Å²) in [6, 6.07) is 0.102. The van der Waals surface area contributed by atoms with E-state index in [1.165, 1.54) is 0 Å². The highest BCUT2D eigenvalue weighted by molar-refractivity contribution is 5.08. The third-order valence-corrected chi connectivity index (χ3v) is 4.54. The molecule has 0 radical (unpaired) electrons. The second-order valence-corrected chi connectivity index (χ2v) is 7.32. The van der Waals surface area contributed by atoms with E-state index in [0.717, 1.165) is 37.1 Å². The van der Waals surface area contributed by atoms with E-state index in [9.17, 15) is 0 Å². The van der Waals surface area contributed by atoms with Crippen LogP contribution in [0.25, 0.3) is 0 Å². The van der Waals surface area contributed by atoms with Gasteiger partial charge in [-0.15, -0.1) is 10.2 Å². The molecular weight excluding hydrogens is 306 g/mol. The van der Waals surface area contributed by atoms with Gasteiger partial charge in [0.1, 0.15) is 18.2 Å². The van der Waals surface area contributed by atoms with E-state index in [2.05, 4.69) is 54.7 Å². The van der Waals surface area contributed by atoms with Gasteiger partial charge < -0.3 is 13.7 Å². The minimum atomic E-state index is -0.0688. The predicted octanol–water partition coefficient (Wildman–Crippen LogP) is 2.72. The van der Waals surface area contributed by atoms with Crippen LogP contribution in [-0.4, -0.2) is 44.3 Å². The van der Waals surface area contributed by atoms with Crippen LogP contribution in [0.5, 0.6) is 0 Å². The van der Waals surface area contributed by atoms with Crippen LogP contribution in [0.1, 0.15) is 64.2 Å². The van der Waals surface area contributed by atoms with Gasteiger partial charge in [0.15, 0.2) is 5.82 Å². The minimum absolute atomic E-state index is 0.0317. The lowest BCUT2D eigenvalue weighted by atomic mass is 9.94. The zero-order valence-corrected chi connectivity index (χ0v) is 15.2. The molecule has 1 aliphatic heterocycles. The van der Waals surface area contributed by atoms with Gasteiger partial charge >= 0.3 is 0 Å². The van der Waals surface area contributed by atoms with Gasteiger partial charge in [0, 0.05) is 25.0 Å². The fourth-order valence-corrected chi connectivity index (χ4v) is 2.92. The van der Waals surface area contributed by atoms with Gasteiger partial charge in [0.05, 0.1) is 18.8 Å². The molecule has 2 aromatic rings. The van der Waals surface area contributed by atoms with E-state index in [0.29, 0.717) is 6.61 Å². The Morgan fingerprint density at radius 1 is 1.38 bits per heavy atom. The Kier molecular flexibility index (Phi) is 4.73. The summed E-state index contributed by atoms with van der Waals surface area (Å²) in [5.74, 6) is 2.56. The maximum Gasteiger partial charge on any atom is 0.211 e. The van der Waals surface area contributed by atoms with Crippen LogP contribution in [0.2, 0.25) is 0 Å². The first-order valence-corrected chi connectivity index (χ1v) is 8.59. The van der Waals surface area contributed by atoms with Crippen LogP contribution < -0.4 is 0 Å². The lowest BCUT2D eigenvalue weighted by molar-refractivity contribution is -0.0519. The average Bonchev–Trinajstić information content (AvgIpc) is 3.22. The van der Waals surface area contributed by atoms with Crippen molar-refractivity contribution in [2.24, 2.45) is 0 Å². The summed E-state index contributed by atoms with van der Waals surface area (Å²) < 4.78 is 14.0. The van der Waals surface area contributed by atoms with E-state index in [1.54, 1.807) is 6.33 Å². The second-order valence-electron chi connectivity index (χ2n) is 7.32. The molecule has 0 bridgehead atoms. The molecule has 0 amide bonds. The number of hydrogen-bond donors (Lipinski definition) is 0. The van der Waals surface area contributed by atoms with Crippen molar-refractivity contribution in [3.05, 3.63) is 30.0 Å². The summed E-state index contributed by atoms with van der Waals surface area (Å²) in [6.07, 6.45) is 3.53. The molecule has 3 rings (SSSR count). The molecular formula is C17H27N5O2. The topological polar surface area (TPSA) is 69.2 Å². The highest BCUT2D eigenvalue weighted by Gasteiger charge is 2.31. The fraction of sp³-hybridized carbons (Fsp3) is 0.706. The SMILES string of the molecule is CCn1cnnc1[C@@H]1CN([C@H](C)c2ncc(C(C)(C)C)o2)CCO1. The zero-order chi connectivity index (χ0) is 17.3. The molecule has 0 unspecified atom stereocenters. The summed E-state index contributed by atoms with van der Waals surface area (Å²) >= 11 is 0. The highest BCUT2D eigenvalue weighted by atomic mass is 16.5. The van der Waals surface area contributed by atoms with Gasteiger partial charge in [0.2, 0.25) is 5.89 Å². The lowest BCUT2D eigenvalue weighted by Crippen LogP contribution is -2.40. The molecule has 7 nitrogen and oxygen atoms in total. The van der Waals surface area contributed by atoms with Crippen molar-refractivity contribution >= 4 is 0 Å². The van der Waals surface area contributed by atoms with E-state index in [-0.39, 0.29) is 17.6 Å². The lowest BCUT2D eigenvalue weighted by Gasteiger charge is -2.35. The molecule has 1 aliphatic rings. The minimum Gasteiger partial charge on any atom is -0.443 e. The number of nitrogens with zero attached hydrogens (tertiary/aromatic N) is 5. The van der Waals surface area contributed by atoms with Crippen molar-refractivity contribution in [2.45, 2.75) is 58.7 Å². The van der Waals surface area contributed by atoms with Gasteiger partial charge in [-0.2, -0.15) is 0 Å². The van der Waals surface area contributed by atoms with Crippen molar-refractivity contribution in [2.75, 3.05) is 19.7 Å². The Labute approximate surface area is 143 Å². The van der Waals surface area contributed by atoms with Crippen LogP contribution in [0.3, 0.4) is 0 Å². The maximum atomic E-state index is 6.01. The number of hydrogen-bond acceptors (Lipinski definition) is 6. The third-order valence-electron chi connectivity index (χ3n) is 4.54. The van der Waals surface area contributed by atoms with Crippen molar-refractivity contribution < 1.29 is 9.15 Å². The smallest absolute Gasteiger partial charge is 0.211 e. The van der Waals surface area contributed by atoms with E-state index in [1.807, 2.05) is 10.8 Å². The summed E-state index contributed by atoms with van der Waals surface area (Å²) in [4.78, 5) is 6.83. The Hall–Kier alpha value is -1.73. The van der Waals surface area contributed by atoms with Crippen LogP contribution in [0, 0.1) is 0 Å². The average molecular weight is 333 g/mol. The van der Waals surface area contributed by atoms with Crippen molar-refractivity contribution in [3.8, 4) is 0 Å². The fourth-order valence-electron chi connectivity index (χ4n) is 2.92. The van der Waals surface area contributed by atoms with Gasteiger partial charge in [0.25, 0.3) is 0 Å². The van der Waals surface area contributed by atoms with Crippen molar-refractivity contribution in [1.82, 2.24) is 24.6 Å². The monoisotopic (exact) mass is 333 g/mol. The molecule has 2 atom stereocenters. The predicted molar refractivity (Wildman–Crippen MR) is 89.6 cm³/mol. The molecule has 0 aromatic carbocycles. The molecule has 7 heteroatoms. The number of morpholine rings is 1. The molecule has 1 saturated heterocycles. The summed E-state index contributed by atoms with van der Waals surface area (Å²) in [5, 5.41) is 8.25. The third kappa shape index (κ3) is 3.37. The first-order chi connectivity index (χ1) is 11.4. The van der Waals surface area contributed by atoms with Crippen LogP contribution >= 0.6 is 0 Å². The van der Waals surface area contributed by atoms with Gasteiger partial charge in [-0.1, -0.05) is 20.8 Å². The number of oxazole rings is 1. The molecule has 3 heterocycles. The van der Waals surface area contributed by atoms with Gasteiger partial charge in [-0.05, 0) is 13.8 Å². The molecule has 132 valence electrons. The van der Waals surface area contributed by atoms with Crippen LogP contribution in [0.4, 0.5) is 0 Å². The standard InChI is InChI=1S/C17H27N5O2/c1-6-21-11-19-20-15(21)13-10-22(7-8-23-13)12(2)16-18-9-14(24-16)17(3,4)5/h9,11-13H,6-8,10H2,1-5H3/t12-,13+/m1/s1. The first kappa shape index (κ1) is 17.1. The molecule has 0 N–H and O–H groups in total. The number of aromatic nitrogens is 4. The van der Waals surface area contributed by atoms with Crippen LogP contribution in [0.15, 0.2) is 16.9 Å². The van der Waals surface area contributed by atoms with E-state index < -0.39 is 0 Å². The number of rotatable bonds is 4. The van der Waals surface area contributed by atoms with Crippen LogP contribution in [-0.2, 0) is 16.7 Å². The second kappa shape index (κ2) is 6.64. The molecule has 2 aromatic heterocycles. The molecule has 0 saturated carbocycles. The van der Waals surface area contributed by atoms with Crippen molar-refractivity contribution in [1.29, 1.82) is 0 Å². The van der Waals surface area contributed by atoms with Gasteiger partial charge in [-0.3, -0.25) is 4.90 Å². The normalized spacial score (nSPS) is 21.1. The quantitative estimate of drug-likeness (QED) is 0.857. The van der Waals surface area contributed by atoms with Crippen molar-refractivity contribution in [3.63, 3.8) is 0 Å². The van der Waals surface area contributed by atoms with E-state index >= 15 is 0 Å². The zero-order valence-electron chi connectivity index (χ0n) is 15.2. The summed E-state index contributed by atoms with van der Waals surface area (Å²) in [7, 11) is 0. The Bertz CT molecular complexity index is 673. The Balaban J connectivity index is 1.73. The number of aryl methyl sites for hydroxylation is 1. The number of ether oxygens (including phenoxy) is 1. The Morgan fingerprint density at radius 3 is 2.83 bits per heavy atom. The molecule has 0 aliphatic carbocycles. The molecule has 0 spiro atoms. The first-order valence-electron chi connectivity index (χ1n) is 8.59. The molecule has 1 fully saturated rings. The van der Waals surface area contributed by atoms with E-state index in [4.69, 9.17) is 9.15 Å². The summed E-state index contributed by atoms with van der Waals surface area (Å²) in [5.41, 5.74) is -0.0317.